The number of rotatable bonds is 13. The van der Waals surface area contributed by atoms with E-state index in [0.717, 1.165) is 50.3 Å². The Labute approximate surface area is 260 Å². The zero-order valence-corrected chi connectivity index (χ0v) is 26.7. The van der Waals surface area contributed by atoms with Gasteiger partial charge in [0.1, 0.15) is 11.4 Å². The number of ketones is 1. The van der Waals surface area contributed by atoms with E-state index in [1.54, 1.807) is 32.5 Å². The van der Waals surface area contributed by atoms with Gasteiger partial charge in [0.25, 0.3) is 0 Å². The molecule has 11 nitrogen and oxygen atoms in total. The van der Waals surface area contributed by atoms with Crippen LogP contribution in [0.4, 0.5) is 23.0 Å². The fourth-order valence-electron chi connectivity index (χ4n) is 5.52. The molecule has 1 atom stereocenters. The average molecular weight is 604 g/mol. The Balaban J connectivity index is 1.55. The van der Waals surface area contributed by atoms with Gasteiger partial charge in [-0.1, -0.05) is 19.6 Å². The molecule has 2 aromatic rings. The fraction of sp³-hybridized carbons (Fsp3) is 0.455. The van der Waals surface area contributed by atoms with Crippen molar-refractivity contribution in [2.75, 3.05) is 77.1 Å². The number of methoxy groups -OCH3 is 2. The number of hydrogen-bond acceptors (Lipinski definition) is 10. The molecule has 0 saturated carbocycles. The van der Waals surface area contributed by atoms with Gasteiger partial charge in [0.05, 0.1) is 30.3 Å². The Morgan fingerprint density at radius 3 is 2.50 bits per heavy atom. The average Bonchev–Trinajstić information content (AvgIpc) is 3.03. The number of likely N-dealkylation sites (tertiary alicyclic amines) is 1. The number of piperidine rings is 1. The van der Waals surface area contributed by atoms with Gasteiger partial charge in [0, 0.05) is 69.8 Å². The highest BCUT2D eigenvalue weighted by atomic mass is 16.5. The highest BCUT2D eigenvalue weighted by Gasteiger charge is 2.27. The number of carbonyl (C=O) groups excluding carboxylic acids is 2. The summed E-state index contributed by atoms with van der Waals surface area (Å²) >= 11 is 0. The summed E-state index contributed by atoms with van der Waals surface area (Å²) in [5.41, 5.74) is 4.18. The van der Waals surface area contributed by atoms with E-state index in [0.29, 0.717) is 35.3 Å². The van der Waals surface area contributed by atoms with Crippen molar-refractivity contribution >= 4 is 34.7 Å². The number of hydrogen-bond donors (Lipinski definition) is 2. The van der Waals surface area contributed by atoms with Gasteiger partial charge in [-0.15, -0.1) is 0 Å². The third kappa shape index (κ3) is 8.03. The van der Waals surface area contributed by atoms with Crippen molar-refractivity contribution in [1.82, 2.24) is 19.8 Å². The van der Waals surface area contributed by atoms with Crippen molar-refractivity contribution in [3.05, 3.63) is 66.2 Å². The maximum atomic E-state index is 13.5. The van der Waals surface area contributed by atoms with Gasteiger partial charge in [0.15, 0.2) is 0 Å². The smallest absolute Gasteiger partial charge is 0.247 e. The summed E-state index contributed by atoms with van der Waals surface area (Å²) in [6, 6.07) is 5.25. The van der Waals surface area contributed by atoms with E-state index in [9.17, 15) is 9.59 Å². The van der Waals surface area contributed by atoms with Gasteiger partial charge in [-0.3, -0.25) is 9.59 Å². The molecule has 1 aliphatic heterocycles. The van der Waals surface area contributed by atoms with Crippen LogP contribution >= 0.6 is 0 Å². The van der Waals surface area contributed by atoms with Gasteiger partial charge >= 0.3 is 0 Å². The monoisotopic (exact) mass is 603 g/mol. The molecule has 0 bridgehead atoms. The lowest BCUT2D eigenvalue weighted by Gasteiger charge is -2.38. The molecule has 2 heterocycles. The van der Waals surface area contributed by atoms with Crippen LogP contribution < -0.4 is 20.3 Å². The summed E-state index contributed by atoms with van der Waals surface area (Å²) in [5.74, 6) is 0.536. The quantitative estimate of drug-likeness (QED) is 0.251. The molecule has 4 rings (SSSR count). The number of amides is 1. The zero-order chi connectivity index (χ0) is 31.8. The van der Waals surface area contributed by atoms with Crippen molar-refractivity contribution in [3.63, 3.8) is 0 Å². The van der Waals surface area contributed by atoms with Gasteiger partial charge in [0.2, 0.25) is 17.6 Å². The van der Waals surface area contributed by atoms with Crippen LogP contribution in [0.15, 0.2) is 60.5 Å². The minimum absolute atomic E-state index is 0.126. The molecule has 1 aromatic heterocycles. The Morgan fingerprint density at radius 2 is 1.86 bits per heavy atom. The molecule has 1 amide bonds. The zero-order valence-electron chi connectivity index (χ0n) is 26.7. The molecule has 236 valence electrons. The molecule has 11 heteroatoms. The van der Waals surface area contributed by atoms with E-state index < -0.39 is 0 Å². The van der Waals surface area contributed by atoms with E-state index >= 15 is 0 Å². The van der Waals surface area contributed by atoms with E-state index in [1.807, 2.05) is 38.2 Å². The number of ether oxygens (including phenoxy) is 2. The van der Waals surface area contributed by atoms with Crippen LogP contribution in [0.1, 0.15) is 36.7 Å². The van der Waals surface area contributed by atoms with Crippen LogP contribution in [0.25, 0.3) is 0 Å². The second-order valence-corrected chi connectivity index (χ2v) is 11.5. The van der Waals surface area contributed by atoms with Crippen LogP contribution in [0.2, 0.25) is 0 Å². The molecule has 1 fully saturated rings. The highest BCUT2D eigenvalue weighted by molar-refractivity contribution is 6.08. The summed E-state index contributed by atoms with van der Waals surface area (Å²) in [6.45, 7) is 9.21. The predicted octanol–water partition coefficient (Wildman–Crippen LogP) is 4.49. The Hall–Kier alpha value is -4.22. The third-order valence-corrected chi connectivity index (χ3v) is 8.11. The number of allylic oxidation sites excluding steroid dienone is 4. The number of likely N-dealkylation sites (N-methyl/N-ethyl adjacent to an activating group) is 2. The van der Waals surface area contributed by atoms with Crippen LogP contribution in [0.3, 0.4) is 0 Å². The van der Waals surface area contributed by atoms with Crippen LogP contribution in [0, 0.1) is 5.92 Å². The SMILES string of the molecule is C=CC(=O)Nc1cc(Nc2nccc(C(=O)C3=CC=C(N4CCC(OC)CC4)C(C)C3)n2)c(OC)cc1N(C)CCN(C)C. The van der Waals surface area contributed by atoms with Crippen molar-refractivity contribution in [2.24, 2.45) is 5.92 Å². The predicted molar refractivity (Wildman–Crippen MR) is 175 cm³/mol. The second kappa shape index (κ2) is 15.0. The normalized spacial score (nSPS) is 17.1. The van der Waals surface area contributed by atoms with Gasteiger partial charge in [-0.05, 0) is 57.6 Å². The maximum absolute atomic E-state index is 13.5. The topological polar surface area (TPSA) is 112 Å². The Morgan fingerprint density at radius 1 is 1.11 bits per heavy atom. The lowest BCUT2D eigenvalue weighted by molar-refractivity contribution is -0.111. The Kier molecular flexibility index (Phi) is 11.1. The molecule has 1 saturated heterocycles. The number of benzene rings is 1. The third-order valence-electron chi connectivity index (χ3n) is 8.11. The second-order valence-electron chi connectivity index (χ2n) is 11.5. The lowest BCUT2D eigenvalue weighted by atomic mass is 9.88. The minimum Gasteiger partial charge on any atom is -0.494 e. The number of aromatic nitrogens is 2. The van der Waals surface area contributed by atoms with Crippen molar-refractivity contribution < 1.29 is 19.1 Å². The molecular weight excluding hydrogens is 558 g/mol. The van der Waals surface area contributed by atoms with E-state index in [2.05, 4.69) is 50.0 Å². The standard InChI is InChI=1S/C33H45N7O4/c1-8-31(41)35-26-20-27(30(44-7)21-29(26)39(5)18-17-38(3)4)37-33-34-14-11-25(36-33)32(42)23-9-10-28(22(2)19-23)40-15-12-24(43-6)13-16-40/h8-11,14,20-22,24H,1,12-13,15-19H2,2-7H3,(H,35,41)(H,34,36,37). The van der Waals surface area contributed by atoms with Crippen molar-refractivity contribution in [3.8, 4) is 5.75 Å². The maximum Gasteiger partial charge on any atom is 0.247 e. The molecular formula is C33H45N7O4. The first-order valence-electron chi connectivity index (χ1n) is 15.0. The first-order valence-corrected chi connectivity index (χ1v) is 15.0. The van der Waals surface area contributed by atoms with E-state index in [-0.39, 0.29) is 23.6 Å². The van der Waals surface area contributed by atoms with E-state index in [4.69, 9.17) is 9.47 Å². The Bertz CT molecular complexity index is 1410. The summed E-state index contributed by atoms with van der Waals surface area (Å²) < 4.78 is 11.2. The first-order chi connectivity index (χ1) is 21.1. The molecule has 44 heavy (non-hydrogen) atoms. The summed E-state index contributed by atoms with van der Waals surface area (Å²) in [5, 5.41) is 6.08. The molecule has 1 unspecified atom stereocenters. The van der Waals surface area contributed by atoms with Gasteiger partial charge in [-0.2, -0.15) is 0 Å². The van der Waals surface area contributed by atoms with Crippen LogP contribution in [-0.2, 0) is 9.53 Å². The molecule has 1 aromatic carbocycles. The van der Waals surface area contributed by atoms with Gasteiger partial charge < -0.3 is 34.8 Å². The van der Waals surface area contributed by atoms with Crippen LogP contribution in [-0.4, -0.2) is 99.1 Å². The summed E-state index contributed by atoms with van der Waals surface area (Å²) in [4.78, 5) is 41.3. The lowest BCUT2D eigenvalue weighted by Crippen LogP contribution is -2.38. The molecule has 2 aliphatic rings. The van der Waals surface area contributed by atoms with Crippen molar-refractivity contribution in [2.45, 2.75) is 32.3 Å². The molecule has 2 N–H and O–H groups in total. The van der Waals surface area contributed by atoms with Crippen molar-refractivity contribution in [1.29, 1.82) is 0 Å². The van der Waals surface area contributed by atoms with Crippen LogP contribution in [0.5, 0.6) is 5.75 Å². The first kappa shape index (κ1) is 32.7. The fourth-order valence-corrected chi connectivity index (χ4v) is 5.52. The highest BCUT2D eigenvalue weighted by Crippen LogP contribution is 2.38. The van der Waals surface area contributed by atoms with E-state index in [1.165, 1.54) is 11.8 Å². The van der Waals surface area contributed by atoms with Gasteiger partial charge in [-0.25, -0.2) is 9.97 Å². The minimum atomic E-state index is -0.334. The molecule has 0 radical (unpaired) electrons. The number of nitrogens with one attached hydrogen (secondary N) is 2. The molecule has 0 spiro atoms. The largest absolute Gasteiger partial charge is 0.494 e. The number of Topliss-reactive ketones (excluding diaryl/α,β-unsaturated/α-hetero) is 1. The number of carbonyl (C=O) groups is 2. The molecule has 1 aliphatic carbocycles. The summed E-state index contributed by atoms with van der Waals surface area (Å²) in [7, 11) is 9.32. The number of nitrogens with zero attached hydrogens (tertiary/aromatic N) is 5. The summed E-state index contributed by atoms with van der Waals surface area (Å²) in [6.07, 6.45) is 9.78. The number of anilines is 4.